The van der Waals surface area contributed by atoms with Crippen molar-refractivity contribution in [3.8, 4) is 11.5 Å². The Balaban J connectivity index is 1.68. The fourth-order valence-corrected chi connectivity index (χ4v) is 6.22. The molecule has 0 bridgehead atoms. The predicted molar refractivity (Wildman–Crippen MR) is 153 cm³/mol. The molecule has 1 saturated heterocycles. The van der Waals surface area contributed by atoms with Crippen molar-refractivity contribution in [3.63, 3.8) is 0 Å². The summed E-state index contributed by atoms with van der Waals surface area (Å²) >= 11 is 0. The van der Waals surface area contributed by atoms with Crippen LogP contribution in [0.2, 0.25) is 0 Å². The number of carbonyl (C=O) groups is 2. The molecule has 1 fully saturated rings. The van der Waals surface area contributed by atoms with Crippen molar-refractivity contribution in [1.29, 1.82) is 0 Å². The van der Waals surface area contributed by atoms with E-state index in [1.54, 1.807) is 42.2 Å². The molecule has 2 aliphatic rings. The number of nitrogens with zero attached hydrogens (tertiary/aromatic N) is 2. The summed E-state index contributed by atoms with van der Waals surface area (Å²) in [5.74, 6) is -0.366. The molecule has 2 N–H and O–H groups in total. The number of aliphatic hydroxyl groups is 1. The number of rotatable bonds is 9. The molecule has 41 heavy (non-hydrogen) atoms. The first-order valence-corrected chi connectivity index (χ1v) is 15.2. The minimum atomic E-state index is -3.88. The number of hydrogen-bond acceptors (Lipinski definition) is 8. The van der Waals surface area contributed by atoms with Crippen LogP contribution in [0.1, 0.15) is 37.0 Å². The Hall–Kier alpha value is -3.19. The normalized spacial score (nSPS) is 20.9. The molecule has 2 aromatic carbocycles. The molecule has 2 amide bonds. The molecule has 3 atom stereocenters. The first-order valence-electron chi connectivity index (χ1n) is 13.8. The van der Waals surface area contributed by atoms with Crippen LogP contribution in [0.4, 0.5) is 5.69 Å². The van der Waals surface area contributed by atoms with Gasteiger partial charge in [0.15, 0.2) is 5.75 Å². The van der Waals surface area contributed by atoms with Crippen LogP contribution in [-0.4, -0.2) is 93.8 Å². The molecule has 0 radical (unpaired) electrons. The van der Waals surface area contributed by atoms with Gasteiger partial charge in [0.25, 0.3) is 5.91 Å². The lowest BCUT2D eigenvalue weighted by atomic mass is 9.98. The van der Waals surface area contributed by atoms with Gasteiger partial charge in [0.05, 0.1) is 42.4 Å². The Morgan fingerprint density at radius 1 is 1.20 bits per heavy atom. The summed E-state index contributed by atoms with van der Waals surface area (Å²) in [6.45, 7) is 4.60. The molecule has 12 heteroatoms. The van der Waals surface area contributed by atoms with E-state index in [2.05, 4.69) is 5.32 Å². The van der Waals surface area contributed by atoms with E-state index in [1.165, 1.54) is 30.6 Å². The average molecular weight is 590 g/mol. The van der Waals surface area contributed by atoms with Crippen molar-refractivity contribution in [2.75, 3.05) is 52.4 Å². The summed E-state index contributed by atoms with van der Waals surface area (Å²) in [6.07, 6.45) is 0.501. The van der Waals surface area contributed by atoms with Crippen molar-refractivity contribution in [2.24, 2.45) is 11.8 Å². The van der Waals surface area contributed by atoms with Gasteiger partial charge in [-0.3, -0.25) is 9.59 Å². The molecule has 4 rings (SSSR count). The number of fused-ring (bicyclic) bond motifs is 1. The monoisotopic (exact) mass is 589 g/mol. The lowest BCUT2D eigenvalue weighted by molar-refractivity contribution is -0.122. The molecular weight excluding hydrogens is 550 g/mol. The van der Waals surface area contributed by atoms with Gasteiger partial charge in [0.2, 0.25) is 15.9 Å². The number of para-hydroxylation sites is 1. The molecule has 0 aliphatic carbocycles. The maximum Gasteiger partial charge on any atom is 0.258 e. The topological polar surface area (TPSA) is 135 Å². The van der Waals surface area contributed by atoms with Crippen molar-refractivity contribution >= 4 is 27.5 Å². The van der Waals surface area contributed by atoms with Gasteiger partial charge in [-0.25, -0.2) is 8.42 Å². The summed E-state index contributed by atoms with van der Waals surface area (Å²) in [7, 11) is -0.892. The van der Waals surface area contributed by atoms with Gasteiger partial charge in [-0.1, -0.05) is 13.0 Å². The smallest absolute Gasteiger partial charge is 0.258 e. The summed E-state index contributed by atoms with van der Waals surface area (Å²) < 4.78 is 45.1. The Morgan fingerprint density at radius 3 is 2.51 bits per heavy atom. The third-order valence-electron chi connectivity index (χ3n) is 7.75. The van der Waals surface area contributed by atoms with E-state index in [4.69, 9.17) is 14.2 Å². The fourth-order valence-electron chi connectivity index (χ4n) is 5.03. The van der Waals surface area contributed by atoms with Crippen LogP contribution in [0.25, 0.3) is 0 Å². The van der Waals surface area contributed by atoms with E-state index in [-0.39, 0.29) is 59.6 Å². The van der Waals surface area contributed by atoms with Crippen LogP contribution >= 0.6 is 0 Å². The van der Waals surface area contributed by atoms with E-state index < -0.39 is 22.2 Å². The van der Waals surface area contributed by atoms with Crippen molar-refractivity contribution < 1.29 is 37.3 Å². The second-order valence-corrected chi connectivity index (χ2v) is 12.7. The van der Waals surface area contributed by atoms with Crippen molar-refractivity contribution in [3.05, 3.63) is 48.0 Å². The SMILES string of the molecule is COc1ccc(S(=O)(=O)N(C)C[C@H]2Oc3c(NC(=O)C4CCOCC4)cccc3C(=O)N([C@H](C)CO)C[C@@H]2C)cc1. The van der Waals surface area contributed by atoms with Gasteiger partial charge in [0, 0.05) is 38.6 Å². The van der Waals surface area contributed by atoms with Crippen LogP contribution in [0, 0.1) is 11.8 Å². The van der Waals surface area contributed by atoms with Crippen LogP contribution < -0.4 is 14.8 Å². The maximum atomic E-state index is 13.7. The van der Waals surface area contributed by atoms with Gasteiger partial charge in [-0.15, -0.1) is 0 Å². The third kappa shape index (κ3) is 6.83. The summed E-state index contributed by atoms with van der Waals surface area (Å²) in [4.78, 5) is 28.5. The number of carbonyl (C=O) groups excluding carboxylic acids is 2. The molecule has 11 nitrogen and oxygen atoms in total. The minimum absolute atomic E-state index is 0.0211. The predicted octanol–water partition coefficient (Wildman–Crippen LogP) is 2.60. The van der Waals surface area contributed by atoms with Crippen LogP contribution in [0.5, 0.6) is 11.5 Å². The maximum absolute atomic E-state index is 13.7. The number of aliphatic hydroxyl groups excluding tert-OH is 1. The first kappa shape index (κ1) is 30.8. The zero-order valence-corrected chi connectivity index (χ0v) is 24.7. The third-order valence-corrected chi connectivity index (χ3v) is 9.58. The lowest BCUT2D eigenvalue weighted by Gasteiger charge is -2.38. The van der Waals surface area contributed by atoms with Crippen LogP contribution in [0.3, 0.4) is 0 Å². The Labute approximate surface area is 241 Å². The highest BCUT2D eigenvalue weighted by atomic mass is 32.2. The number of ether oxygens (including phenoxy) is 3. The number of hydrogen-bond donors (Lipinski definition) is 2. The summed E-state index contributed by atoms with van der Waals surface area (Å²) in [5.41, 5.74) is 0.566. The number of methoxy groups -OCH3 is 1. The van der Waals surface area contributed by atoms with E-state index in [0.29, 0.717) is 37.5 Å². The Kier molecular flexibility index (Phi) is 9.90. The number of nitrogens with one attached hydrogen (secondary N) is 1. The Morgan fingerprint density at radius 2 is 1.88 bits per heavy atom. The number of amides is 2. The molecule has 0 spiro atoms. The average Bonchev–Trinajstić information content (AvgIpc) is 2.99. The molecule has 2 heterocycles. The summed E-state index contributed by atoms with van der Waals surface area (Å²) in [5, 5.41) is 12.9. The van der Waals surface area contributed by atoms with Gasteiger partial charge < -0.3 is 29.5 Å². The standard InChI is InChI=1S/C29H39N3O8S/c1-19-16-32(20(2)18-33)29(35)24-6-5-7-25(30-28(34)21-12-14-39-15-13-21)27(24)40-26(19)17-31(3)41(36,37)23-10-8-22(38-4)9-11-23/h5-11,19-21,26,33H,12-18H2,1-4H3,(H,30,34)/t19-,20+,26+/m0/s1. The highest BCUT2D eigenvalue weighted by Gasteiger charge is 2.36. The van der Waals surface area contributed by atoms with Gasteiger partial charge in [-0.05, 0) is 56.2 Å². The van der Waals surface area contributed by atoms with E-state index >= 15 is 0 Å². The lowest BCUT2D eigenvalue weighted by Crippen LogP contribution is -2.50. The molecule has 2 aromatic rings. The van der Waals surface area contributed by atoms with E-state index in [0.717, 1.165) is 0 Å². The number of benzene rings is 2. The highest BCUT2D eigenvalue weighted by molar-refractivity contribution is 7.89. The molecular formula is C29H39N3O8S. The van der Waals surface area contributed by atoms with Crippen LogP contribution in [-0.2, 0) is 19.6 Å². The molecule has 0 unspecified atom stereocenters. The first-order chi connectivity index (χ1) is 19.6. The molecule has 0 aromatic heterocycles. The zero-order valence-electron chi connectivity index (χ0n) is 23.9. The Bertz CT molecular complexity index is 1330. The molecule has 2 aliphatic heterocycles. The van der Waals surface area contributed by atoms with Gasteiger partial charge >= 0.3 is 0 Å². The number of anilines is 1. The fraction of sp³-hybridized carbons (Fsp3) is 0.517. The highest BCUT2D eigenvalue weighted by Crippen LogP contribution is 2.36. The second-order valence-electron chi connectivity index (χ2n) is 10.6. The van der Waals surface area contributed by atoms with Crippen LogP contribution in [0.15, 0.2) is 47.4 Å². The molecule has 0 saturated carbocycles. The number of sulfonamides is 1. The quantitative estimate of drug-likeness (QED) is 0.456. The second kappa shape index (κ2) is 13.2. The molecule has 224 valence electrons. The van der Waals surface area contributed by atoms with Gasteiger partial charge in [-0.2, -0.15) is 4.31 Å². The van der Waals surface area contributed by atoms with Gasteiger partial charge in [0.1, 0.15) is 11.9 Å². The summed E-state index contributed by atoms with van der Waals surface area (Å²) in [6, 6.07) is 10.6. The minimum Gasteiger partial charge on any atom is -0.497 e. The van der Waals surface area contributed by atoms with E-state index in [1.807, 2.05) is 6.92 Å². The van der Waals surface area contributed by atoms with E-state index in [9.17, 15) is 23.1 Å². The largest absolute Gasteiger partial charge is 0.497 e. The number of likely N-dealkylation sites (N-methyl/N-ethyl adjacent to an activating group) is 1. The van der Waals surface area contributed by atoms with Crippen molar-refractivity contribution in [2.45, 2.75) is 43.7 Å². The van der Waals surface area contributed by atoms with Crippen molar-refractivity contribution in [1.82, 2.24) is 9.21 Å². The zero-order chi connectivity index (χ0) is 29.7.